The number of unbranched alkanes of at least 4 members (excludes halogenated alkanes) is 1. The van der Waals surface area contributed by atoms with Gasteiger partial charge in [0.1, 0.15) is 0 Å². The van der Waals surface area contributed by atoms with Crippen LogP contribution in [0.25, 0.3) is 10.9 Å². The van der Waals surface area contributed by atoms with Gasteiger partial charge in [0.15, 0.2) is 5.96 Å². The summed E-state index contributed by atoms with van der Waals surface area (Å²) in [5, 5.41) is 8.13. The molecule has 6 heteroatoms. The summed E-state index contributed by atoms with van der Waals surface area (Å²) in [5.74, 6) is 0.936. The molecule has 2 N–H and O–H groups in total. The van der Waals surface area contributed by atoms with Crippen LogP contribution in [0.3, 0.4) is 0 Å². The fraction of sp³-hybridized carbons (Fsp3) is 0.591. The number of para-hydroxylation sites is 1. The highest BCUT2D eigenvalue weighted by Crippen LogP contribution is 2.15. The largest absolute Gasteiger partial charge is 0.379 e. The maximum absolute atomic E-state index is 5.40. The Kier molecular flexibility index (Phi) is 8.65. The van der Waals surface area contributed by atoms with Crippen molar-refractivity contribution in [3.8, 4) is 0 Å². The number of guanidine groups is 1. The van der Waals surface area contributed by atoms with Crippen LogP contribution in [-0.4, -0.2) is 67.9 Å². The molecule has 0 spiro atoms. The first-order chi connectivity index (χ1) is 13.9. The lowest BCUT2D eigenvalue weighted by molar-refractivity contribution is 0.0372. The molecule has 0 saturated carbocycles. The monoisotopic (exact) mass is 385 g/mol. The smallest absolute Gasteiger partial charge is 0.191 e. The van der Waals surface area contributed by atoms with Gasteiger partial charge < -0.3 is 19.9 Å². The van der Waals surface area contributed by atoms with Gasteiger partial charge in [0.2, 0.25) is 0 Å². The molecule has 1 saturated heterocycles. The number of morpholine rings is 1. The van der Waals surface area contributed by atoms with Crippen LogP contribution in [0, 0.1) is 0 Å². The average molecular weight is 386 g/mol. The van der Waals surface area contributed by atoms with Crippen LogP contribution >= 0.6 is 0 Å². The van der Waals surface area contributed by atoms with Crippen LogP contribution in [-0.2, 0) is 11.3 Å². The third-order valence-electron chi connectivity index (χ3n) is 5.15. The molecule has 1 aromatic carbocycles. The molecule has 1 aromatic heterocycles. The van der Waals surface area contributed by atoms with E-state index < -0.39 is 0 Å². The summed E-state index contributed by atoms with van der Waals surface area (Å²) >= 11 is 0. The molecule has 0 unspecified atom stereocenters. The fourth-order valence-electron chi connectivity index (χ4n) is 3.60. The summed E-state index contributed by atoms with van der Waals surface area (Å²) in [6.45, 7) is 10.9. The second kappa shape index (κ2) is 11.7. The molecule has 0 atom stereocenters. The second-order valence-electron chi connectivity index (χ2n) is 7.27. The summed E-state index contributed by atoms with van der Waals surface area (Å²) in [5.41, 5.74) is 1.30. The molecule has 3 rings (SSSR count). The molecule has 6 nitrogen and oxygen atoms in total. The van der Waals surface area contributed by atoms with E-state index in [0.717, 1.165) is 71.3 Å². The molecular weight excluding hydrogens is 350 g/mol. The Morgan fingerprint density at radius 2 is 1.89 bits per heavy atom. The maximum Gasteiger partial charge on any atom is 0.191 e. The van der Waals surface area contributed by atoms with Crippen LogP contribution in [0.5, 0.6) is 0 Å². The maximum atomic E-state index is 5.40. The zero-order valence-corrected chi connectivity index (χ0v) is 17.2. The first kappa shape index (κ1) is 20.7. The Hall–Kier alpha value is -2.05. The molecule has 1 fully saturated rings. The van der Waals surface area contributed by atoms with Crippen LogP contribution < -0.4 is 10.6 Å². The molecule has 0 bridgehead atoms. The number of aliphatic imine (C=N–C) groups is 1. The summed E-state index contributed by atoms with van der Waals surface area (Å²) < 4.78 is 7.71. The second-order valence-corrected chi connectivity index (χ2v) is 7.27. The molecule has 2 aromatic rings. The molecule has 2 heterocycles. The van der Waals surface area contributed by atoms with Crippen molar-refractivity contribution >= 4 is 16.9 Å². The van der Waals surface area contributed by atoms with E-state index in [-0.39, 0.29) is 0 Å². The minimum absolute atomic E-state index is 0.829. The zero-order chi connectivity index (χ0) is 19.4. The molecule has 154 valence electrons. The van der Waals surface area contributed by atoms with E-state index in [0.29, 0.717) is 0 Å². The van der Waals surface area contributed by atoms with E-state index in [2.05, 4.69) is 63.6 Å². The van der Waals surface area contributed by atoms with Gasteiger partial charge in [-0.2, -0.15) is 0 Å². The van der Waals surface area contributed by atoms with Crippen LogP contribution in [0.1, 0.15) is 26.2 Å². The quantitative estimate of drug-likeness (QED) is 0.375. The highest BCUT2D eigenvalue weighted by molar-refractivity contribution is 5.80. The van der Waals surface area contributed by atoms with Gasteiger partial charge in [0.05, 0.1) is 13.2 Å². The topological polar surface area (TPSA) is 53.8 Å². The highest BCUT2D eigenvalue weighted by atomic mass is 16.5. The lowest BCUT2D eigenvalue weighted by atomic mass is 10.2. The van der Waals surface area contributed by atoms with Crippen molar-refractivity contribution in [2.24, 2.45) is 4.99 Å². The third-order valence-corrected chi connectivity index (χ3v) is 5.15. The van der Waals surface area contributed by atoms with Gasteiger partial charge >= 0.3 is 0 Å². The van der Waals surface area contributed by atoms with Crippen molar-refractivity contribution in [2.45, 2.75) is 32.7 Å². The van der Waals surface area contributed by atoms with Crippen LogP contribution in [0.15, 0.2) is 41.5 Å². The molecule has 28 heavy (non-hydrogen) atoms. The molecule has 0 aliphatic carbocycles. The first-order valence-corrected chi connectivity index (χ1v) is 10.7. The fourth-order valence-corrected chi connectivity index (χ4v) is 3.60. The number of fused-ring (bicyclic) bond motifs is 1. The number of aryl methyl sites for hydroxylation is 1. The molecule has 0 amide bonds. The molecule has 1 aliphatic heterocycles. The van der Waals surface area contributed by atoms with E-state index in [1.807, 2.05) is 0 Å². The van der Waals surface area contributed by atoms with Crippen molar-refractivity contribution in [3.63, 3.8) is 0 Å². The standard InChI is InChI=1S/C22H35N5O/c1-2-23-22(24-11-5-6-13-26-16-18-28-19-17-26)25-12-7-14-27-15-10-20-8-3-4-9-21(20)27/h3-4,8-10,15H,2,5-7,11-14,16-19H2,1H3,(H2,23,24,25). The Morgan fingerprint density at radius 1 is 1.04 bits per heavy atom. The van der Waals surface area contributed by atoms with E-state index in [1.165, 1.54) is 23.9 Å². The first-order valence-electron chi connectivity index (χ1n) is 10.7. The highest BCUT2D eigenvalue weighted by Gasteiger charge is 2.09. The number of ether oxygens (including phenoxy) is 1. The van der Waals surface area contributed by atoms with Crippen molar-refractivity contribution in [2.75, 3.05) is 52.5 Å². The van der Waals surface area contributed by atoms with Gasteiger partial charge in [-0.15, -0.1) is 0 Å². The number of hydrogen-bond donors (Lipinski definition) is 2. The van der Waals surface area contributed by atoms with Gasteiger partial charge in [0.25, 0.3) is 0 Å². The number of hydrogen-bond acceptors (Lipinski definition) is 3. The Labute approximate surface area is 169 Å². The van der Waals surface area contributed by atoms with Gasteiger partial charge in [-0.05, 0) is 50.2 Å². The Balaban J connectivity index is 1.34. The number of aromatic nitrogens is 1. The minimum Gasteiger partial charge on any atom is -0.379 e. The van der Waals surface area contributed by atoms with Crippen LogP contribution in [0.2, 0.25) is 0 Å². The van der Waals surface area contributed by atoms with Crippen molar-refractivity contribution in [3.05, 3.63) is 36.5 Å². The molecule has 0 radical (unpaired) electrons. The van der Waals surface area contributed by atoms with E-state index in [9.17, 15) is 0 Å². The minimum atomic E-state index is 0.829. The summed E-state index contributed by atoms with van der Waals surface area (Å²) in [6, 6.07) is 10.7. The normalized spacial score (nSPS) is 15.8. The van der Waals surface area contributed by atoms with Crippen molar-refractivity contribution in [1.29, 1.82) is 0 Å². The average Bonchev–Trinajstić information content (AvgIpc) is 3.15. The van der Waals surface area contributed by atoms with E-state index in [4.69, 9.17) is 9.73 Å². The molecule has 1 aliphatic rings. The summed E-state index contributed by atoms with van der Waals surface area (Å²) in [4.78, 5) is 7.23. The van der Waals surface area contributed by atoms with E-state index >= 15 is 0 Å². The van der Waals surface area contributed by atoms with Gasteiger partial charge in [-0.1, -0.05) is 18.2 Å². The SMILES string of the molecule is CCNC(=NCCCn1ccc2ccccc21)NCCCCN1CCOCC1. The number of benzene rings is 1. The van der Waals surface area contributed by atoms with Gasteiger partial charge in [0, 0.05) is 51.0 Å². The predicted octanol–water partition coefficient (Wildman–Crippen LogP) is 2.70. The summed E-state index contributed by atoms with van der Waals surface area (Å²) in [7, 11) is 0. The number of rotatable bonds is 10. The van der Waals surface area contributed by atoms with Gasteiger partial charge in [-0.25, -0.2) is 0 Å². The lowest BCUT2D eigenvalue weighted by Crippen LogP contribution is -2.39. The summed E-state index contributed by atoms with van der Waals surface area (Å²) in [6.07, 6.45) is 5.59. The van der Waals surface area contributed by atoms with Gasteiger partial charge in [-0.3, -0.25) is 9.89 Å². The van der Waals surface area contributed by atoms with Crippen molar-refractivity contribution in [1.82, 2.24) is 20.1 Å². The van der Waals surface area contributed by atoms with E-state index in [1.54, 1.807) is 0 Å². The van der Waals surface area contributed by atoms with Crippen LogP contribution in [0.4, 0.5) is 0 Å². The van der Waals surface area contributed by atoms with Crippen molar-refractivity contribution < 1.29 is 4.74 Å². The predicted molar refractivity (Wildman–Crippen MR) is 117 cm³/mol. The third kappa shape index (κ3) is 6.53. The zero-order valence-electron chi connectivity index (χ0n) is 17.2. The Bertz CT molecular complexity index is 721. The molecular formula is C22H35N5O. The lowest BCUT2D eigenvalue weighted by Gasteiger charge is -2.26. The Morgan fingerprint density at radius 3 is 2.75 bits per heavy atom. The number of nitrogens with zero attached hydrogens (tertiary/aromatic N) is 3. The number of nitrogens with one attached hydrogen (secondary N) is 2.